The van der Waals surface area contributed by atoms with E-state index in [1.807, 2.05) is 6.92 Å². The first-order valence-corrected chi connectivity index (χ1v) is 3.32. The first kappa shape index (κ1) is 7.57. The maximum atomic E-state index is 9.14. The number of hydrogen-bond acceptors (Lipinski definition) is 3. The molecule has 0 aromatic rings. The van der Waals surface area contributed by atoms with Crippen LogP contribution in [0.1, 0.15) is 13.8 Å². The summed E-state index contributed by atoms with van der Waals surface area (Å²) in [6.45, 7) is 3.59. The van der Waals surface area contributed by atoms with Crippen molar-refractivity contribution in [1.29, 1.82) is 0 Å². The largest absolute Gasteiger partial charge is 0.467 e. The first-order valence-electron chi connectivity index (χ1n) is 3.32. The van der Waals surface area contributed by atoms with Gasteiger partial charge < -0.3 is 14.9 Å². The number of aliphatic hydroxyl groups is 2. The fourth-order valence-corrected chi connectivity index (χ4v) is 1.03. The fourth-order valence-electron chi connectivity index (χ4n) is 1.03. The van der Waals surface area contributed by atoms with Crippen molar-refractivity contribution >= 4 is 0 Å². The van der Waals surface area contributed by atoms with Crippen molar-refractivity contribution in [1.82, 2.24) is 0 Å². The molecule has 0 aromatic carbocycles. The minimum absolute atomic E-state index is 0.0243. The highest BCUT2D eigenvalue weighted by molar-refractivity contribution is 4.99. The molecule has 0 saturated carbocycles. The first-order chi connectivity index (χ1) is 4.61. The van der Waals surface area contributed by atoms with Crippen LogP contribution in [-0.2, 0) is 4.74 Å². The third kappa shape index (κ3) is 1.30. The highest BCUT2D eigenvalue weighted by atomic mass is 16.6. The van der Waals surface area contributed by atoms with Crippen molar-refractivity contribution in [2.24, 2.45) is 5.92 Å². The summed E-state index contributed by atoms with van der Waals surface area (Å²) in [7, 11) is 0. The molecular weight excluding hydrogens is 132 g/mol. The topological polar surface area (TPSA) is 49.7 Å². The SMILES string of the molecule is CC1=CC(C)C(O)C(O)O1. The number of hydrogen-bond donors (Lipinski definition) is 2. The van der Waals surface area contributed by atoms with Crippen LogP contribution in [0.5, 0.6) is 0 Å². The second-order valence-electron chi connectivity index (χ2n) is 2.64. The van der Waals surface area contributed by atoms with E-state index in [0.717, 1.165) is 0 Å². The van der Waals surface area contributed by atoms with Crippen LogP contribution in [0.2, 0.25) is 0 Å². The highest BCUT2D eigenvalue weighted by Gasteiger charge is 2.27. The second kappa shape index (κ2) is 2.60. The molecule has 0 saturated heterocycles. The van der Waals surface area contributed by atoms with Gasteiger partial charge in [0.2, 0.25) is 6.29 Å². The van der Waals surface area contributed by atoms with Gasteiger partial charge in [0.1, 0.15) is 6.10 Å². The summed E-state index contributed by atoms with van der Waals surface area (Å²) < 4.78 is 4.84. The van der Waals surface area contributed by atoms with Gasteiger partial charge in [-0.15, -0.1) is 0 Å². The summed E-state index contributed by atoms with van der Waals surface area (Å²) in [5, 5.41) is 18.1. The summed E-state index contributed by atoms with van der Waals surface area (Å²) in [6.07, 6.45) is -0.0547. The Morgan fingerprint density at radius 3 is 2.60 bits per heavy atom. The van der Waals surface area contributed by atoms with Crippen LogP contribution in [-0.4, -0.2) is 22.6 Å². The van der Waals surface area contributed by atoms with Crippen LogP contribution < -0.4 is 0 Å². The van der Waals surface area contributed by atoms with E-state index in [1.54, 1.807) is 13.0 Å². The van der Waals surface area contributed by atoms with Crippen LogP contribution in [0.4, 0.5) is 0 Å². The van der Waals surface area contributed by atoms with Crippen molar-refractivity contribution in [3.05, 3.63) is 11.8 Å². The Morgan fingerprint density at radius 2 is 2.10 bits per heavy atom. The van der Waals surface area contributed by atoms with E-state index in [1.165, 1.54) is 0 Å². The van der Waals surface area contributed by atoms with E-state index in [2.05, 4.69) is 0 Å². The quantitative estimate of drug-likeness (QED) is 0.512. The van der Waals surface area contributed by atoms with E-state index in [9.17, 15) is 0 Å². The number of allylic oxidation sites excluding steroid dienone is 1. The molecule has 0 bridgehead atoms. The molecule has 1 heterocycles. The lowest BCUT2D eigenvalue weighted by Crippen LogP contribution is -2.36. The Bertz CT molecular complexity index is 153. The Balaban J connectivity index is 2.69. The molecule has 10 heavy (non-hydrogen) atoms. The van der Waals surface area contributed by atoms with E-state index < -0.39 is 12.4 Å². The van der Waals surface area contributed by atoms with E-state index in [-0.39, 0.29) is 5.92 Å². The molecule has 3 atom stereocenters. The van der Waals surface area contributed by atoms with Gasteiger partial charge in [-0.1, -0.05) is 6.92 Å². The predicted octanol–water partition coefficient (Wildman–Crippen LogP) is 0.236. The van der Waals surface area contributed by atoms with Gasteiger partial charge in [-0.25, -0.2) is 0 Å². The van der Waals surface area contributed by atoms with Crippen molar-refractivity contribution in [3.63, 3.8) is 0 Å². The van der Waals surface area contributed by atoms with Gasteiger partial charge in [-0.05, 0) is 13.0 Å². The molecule has 0 fully saturated rings. The molecule has 0 spiro atoms. The van der Waals surface area contributed by atoms with Gasteiger partial charge in [0.25, 0.3) is 0 Å². The minimum atomic E-state index is -1.06. The Hall–Kier alpha value is -0.540. The summed E-state index contributed by atoms with van der Waals surface area (Å²) >= 11 is 0. The average molecular weight is 144 g/mol. The monoisotopic (exact) mass is 144 g/mol. The number of rotatable bonds is 0. The summed E-state index contributed by atoms with van der Waals surface area (Å²) in [5.74, 6) is 0.647. The summed E-state index contributed by atoms with van der Waals surface area (Å²) in [4.78, 5) is 0. The maximum Gasteiger partial charge on any atom is 0.223 e. The zero-order valence-electron chi connectivity index (χ0n) is 6.11. The van der Waals surface area contributed by atoms with Gasteiger partial charge >= 0.3 is 0 Å². The van der Waals surface area contributed by atoms with Crippen LogP contribution in [0.25, 0.3) is 0 Å². The smallest absolute Gasteiger partial charge is 0.223 e. The summed E-state index contributed by atoms with van der Waals surface area (Å²) in [6, 6.07) is 0. The van der Waals surface area contributed by atoms with Crippen LogP contribution >= 0.6 is 0 Å². The van der Waals surface area contributed by atoms with E-state index in [0.29, 0.717) is 5.76 Å². The molecule has 58 valence electrons. The third-order valence-electron chi connectivity index (χ3n) is 1.64. The lowest BCUT2D eigenvalue weighted by Gasteiger charge is -2.27. The van der Waals surface area contributed by atoms with Crippen LogP contribution in [0, 0.1) is 5.92 Å². The molecule has 0 radical (unpaired) electrons. The predicted molar refractivity (Wildman–Crippen MR) is 36.0 cm³/mol. The Kier molecular flexibility index (Phi) is 1.97. The van der Waals surface area contributed by atoms with E-state index in [4.69, 9.17) is 14.9 Å². The van der Waals surface area contributed by atoms with Crippen molar-refractivity contribution in [2.75, 3.05) is 0 Å². The minimum Gasteiger partial charge on any atom is -0.467 e. The summed E-state index contributed by atoms with van der Waals surface area (Å²) in [5.41, 5.74) is 0. The van der Waals surface area contributed by atoms with Crippen molar-refractivity contribution < 1.29 is 14.9 Å². The van der Waals surface area contributed by atoms with Crippen LogP contribution in [0.3, 0.4) is 0 Å². The molecule has 1 rings (SSSR count). The molecule has 3 unspecified atom stereocenters. The van der Waals surface area contributed by atoms with E-state index >= 15 is 0 Å². The van der Waals surface area contributed by atoms with Gasteiger partial charge in [-0.2, -0.15) is 0 Å². The zero-order chi connectivity index (χ0) is 7.72. The molecule has 3 heteroatoms. The van der Waals surface area contributed by atoms with Gasteiger partial charge in [-0.3, -0.25) is 0 Å². The molecule has 1 aliphatic rings. The Labute approximate surface area is 59.9 Å². The molecule has 2 N–H and O–H groups in total. The number of ether oxygens (including phenoxy) is 1. The highest BCUT2D eigenvalue weighted by Crippen LogP contribution is 2.20. The lowest BCUT2D eigenvalue weighted by molar-refractivity contribution is -0.158. The van der Waals surface area contributed by atoms with Crippen molar-refractivity contribution in [2.45, 2.75) is 26.2 Å². The third-order valence-corrected chi connectivity index (χ3v) is 1.64. The lowest BCUT2D eigenvalue weighted by atomic mass is 10.0. The zero-order valence-corrected chi connectivity index (χ0v) is 6.11. The second-order valence-corrected chi connectivity index (χ2v) is 2.64. The van der Waals surface area contributed by atoms with Gasteiger partial charge in [0, 0.05) is 5.92 Å². The average Bonchev–Trinajstić information content (AvgIpc) is 1.82. The standard InChI is InChI=1S/C7H12O3/c1-4-3-5(2)10-7(9)6(4)8/h3-4,6-9H,1-2H3. The Morgan fingerprint density at radius 1 is 1.50 bits per heavy atom. The van der Waals surface area contributed by atoms with Gasteiger partial charge in [0.15, 0.2) is 0 Å². The molecule has 0 amide bonds. The molecular formula is C7H12O3. The normalized spacial score (nSPS) is 40.4. The fraction of sp³-hybridized carbons (Fsp3) is 0.714. The maximum absolute atomic E-state index is 9.14. The number of aliphatic hydroxyl groups excluding tert-OH is 2. The molecule has 1 aliphatic heterocycles. The van der Waals surface area contributed by atoms with Gasteiger partial charge in [0.05, 0.1) is 5.76 Å². The van der Waals surface area contributed by atoms with Crippen molar-refractivity contribution in [3.8, 4) is 0 Å². The van der Waals surface area contributed by atoms with Crippen LogP contribution in [0.15, 0.2) is 11.8 Å². The molecule has 0 aliphatic carbocycles. The molecule has 0 aromatic heterocycles. The molecule has 3 nitrogen and oxygen atoms in total.